The summed E-state index contributed by atoms with van der Waals surface area (Å²) in [6, 6.07) is 3.87. The number of imidazole rings is 1. The summed E-state index contributed by atoms with van der Waals surface area (Å²) in [5.74, 6) is 3.91. The highest BCUT2D eigenvalue weighted by Crippen LogP contribution is 2.77. The zero-order chi connectivity index (χ0) is 34.7. The molecule has 5 aliphatic carbocycles. The van der Waals surface area contributed by atoms with Crippen molar-refractivity contribution in [2.45, 2.75) is 132 Å². The Morgan fingerprint density at radius 1 is 0.939 bits per heavy atom. The zero-order valence-corrected chi connectivity index (χ0v) is 31.5. The lowest BCUT2D eigenvalue weighted by Crippen LogP contribution is -2.65. The molecule has 6 aliphatic rings. The number of likely N-dealkylation sites (tertiary alicyclic amines) is 1. The van der Waals surface area contributed by atoms with Crippen molar-refractivity contribution >= 4 is 11.7 Å². The first kappa shape index (κ1) is 33.4. The summed E-state index contributed by atoms with van der Waals surface area (Å²) in [5.41, 5.74) is 4.47. The summed E-state index contributed by atoms with van der Waals surface area (Å²) in [7, 11) is 0. The predicted octanol–water partition coefficient (Wildman–Crippen LogP) is 9.75. The van der Waals surface area contributed by atoms with E-state index in [1.807, 2.05) is 24.5 Å². The van der Waals surface area contributed by atoms with E-state index < -0.39 is 5.41 Å². The van der Waals surface area contributed by atoms with E-state index in [0.717, 1.165) is 73.1 Å². The second-order valence-corrected chi connectivity index (χ2v) is 19.1. The number of amides is 1. The van der Waals surface area contributed by atoms with Crippen LogP contribution in [-0.4, -0.2) is 38.1 Å². The maximum Gasteiger partial charge on any atom is 0.234 e. The van der Waals surface area contributed by atoms with Crippen molar-refractivity contribution in [3.8, 4) is 11.3 Å². The van der Waals surface area contributed by atoms with Gasteiger partial charge in [0.15, 0.2) is 5.78 Å². The van der Waals surface area contributed by atoms with Crippen molar-refractivity contribution in [1.82, 2.24) is 19.9 Å². The lowest BCUT2D eigenvalue weighted by atomic mass is 9.32. The first-order valence-electron chi connectivity index (χ1n) is 19.7. The number of pyridine rings is 1. The van der Waals surface area contributed by atoms with Gasteiger partial charge in [0, 0.05) is 30.9 Å². The summed E-state index contributed by atoms with van der Waals surface area (Å²) < 4.78 is 0. The number of allylic oxidation sites excluding steroid dienone is 1. The van der Waals surface area contributed by atoms with Crippen molar-refractivity contribution < 1.29 is 9.59 Å². The average molecular weight is 665 g/mol. The second-order valence-electron chi connectivity index (χ2n) is 19.1. The van der Waals surface area contributed by atoms with Gasteiger partial charge >= 0.3 is 0 Å². The summed E-state index contributed by atoms with van der Waals surface area (Å²) in [4.78, 5) is 44.4. The molecule has 0 spiro atoms. The number of aromatic nitrogens is 3. The van der Waals surface area contributed by atoms with Crippen LogP contribution in [0, 0.1) is 56.7 Å². The van der Waals surface area contributed by atoms with Gasteiger partial charge in [-0.3, -0.25) is 14.6 Å². The molecule has 2 aromatic heterocycles. The van der Waals surface area contributed by atoms with E-state index in [9.17, 15) is 4.79 Å². The molecular formula is C43H60N4O2. The summed E-state index contributed by atoms with van der Waals surface area (Å²) in [6.45, 7) is 20.7. The number of hydrogen-bond acceptors (Lipinski definition) is 4. The molecule has 1 saturated heterocycles. The minimum atomic E-state index is -0.714. The van der Waals surface area contributed by atoms with Crippen molar-refractivity contribution in [2.75, 3.05) is 6.54 Å². The van der Waals surface area contributed by atoms with Gasteiger partial charge in [0.25, 0.3) is 0 Å². The topological polar surface area (TPSA) is 79.0 Å². The lowest BCUT2D eigenvalue weighted by molar-refractivity contribution is -0.220. The highest BCUT2D eigenvalue weighted by atomic mass is 16.2. The lowest BCUT2D eigenvalue weighted by Gasteiger charge is -2.72. The molecule has 264 valence electrons. The van der Waals surface area contributed by atoms with E-state index in [-0.39, 0.29) is 40.4 Å². The van der Waals surface area contributed by atoms with Crippen LogP contribution in [0.15, 0.2) is 41.9 Å². The molecule has 0 aromatic carbocycles. The molecule has 6 nitrogen and oxygen atoms in total. The quantitative estimate of drug-likeness (QED) is 0.353. The standard InChI is InChI=1S/C43H60N4O2/c1-26(2)35-32(48)23-43(38(49)47-22-10-12-31(47)37-45-25-30(46-37)28-11-9-21-44-24-28)20-19-41(7)29(36(35)43)13-14-34-40(6)17-15-27(3)39(4,5)33(40)16-18-42(34,41)8/h9,11,21,24-27,29,31,33-34H,10,12-20,22-23H2,1-8H3,(H,45,46)/t27-,29+,31-,33-,34+,40-,41+,42+,43+/m0/s1. The molecule has 0 bridgehead atoms. The molecule has 1 aliphatic heterocycles. The molecule has 1 N–H and O–H groups in total. The van der Waals surface area contributed by atoms with Gasteiger partial charge in [0.2, 0.25) is 5.91 Å². The molecule has 0 radical (unpaired) electrons. The smallest absolute Gasteiger partial charge is 0.234 e. The van der Waals surface area contributed by atoms with Crippen LogP contribution in [-0.2, 0) is 9.59 Å². The number of fused-ring (bicyclic) bond motifs is 7. The third kappa shape index (κ3) is 4.43. The number of carbonyl (C=O) groups excluding carboxylic acids is 2. The predicted molar refractivity (Wildman–Crippen MR) is 194 cm³/mol. The van der Waals surface area contributed by atoms with Crippen LogP contribution in [0.25, 0.3) is 11.3 Å². The summed E-state index contributed by atoms with van der Waals surface area (Å²) >= 11 is 0. The Kier molecular flexibility index (Phi) is 7.58. The Bertz CT molecular complexity index is 1690. The van der Waals surface area contributed by atoms with Crippen LogP contribution in [0.1, 0.15) is 138 Å². The van der Waals surface area contributed by atoms with Gasteiger partial charge in [-0.1, -0.05) is 55.4 Å². The van der Waals surface area contributed by atoms with Crippen molar-refractivity contribution in [3.05, 3.63) is 47.7 Å². The van der Waals surface area contributed by atoms with Crippen molar-refractivity contribution in [1.29, 1.82) is 0 Å². The molecule has 1 amide bonds. The summed E-state index contributed by atoms with van der Waals surface area (Å²) in [6.07, 6.45) is 17.1. The van der Waals surface area contributed by atoms with Gasteiger partial charge in [-0.15, -0.1) is 0 Å². The van der Waals surface area contributed by atoms with E-state index in [4.69, 9.17) is 4.98 Å². The van der Waals surface area contributed by atoms with Gasteiger partial charge in [-0.2, -0.15) is 0 Å². The molecular weight excluding hydrogens is 604 g/mol. The molecule has 3 heterocycles. The van der Waals surface area contributed by atoms with Crippen LogP contribution in [0.4, 0.5) is 0 Å². The highest BCUT2D eigenvalue weighted by molar-refractivity contribution is 6.07. The van der Waals surface area contributed by atoms with Gasteiger partial charge in [-0.25, -0.2) is 4.98 Å². The third-order valence-electron chi connectivity index (χ3n) is 16.8. The number of Topliss-reactive ketones (excluding diaryl/α,β-unsaturated/α-hetero) is 1. The number of nitrogens with zero attached hydrogens (tertiary/aromatic N) is 3. The normalized spacial score (nSPS) is 41.4. The van der Waals surface area contributed by atoms with Gasteiger partial charge in [0.05, 0.1) is 23.3 Å². The molecule has 8 rings (SSSR count). The molecule has 9 atom stereocenters. The highest BCUT2D eigenvalue weighted by Gasteiger charge is 2.71. The third-order valence-corrected chi connectivity index (χ3v) is 16.8. The minimum absolute atomic E-state index is 0.0744. The van der Waals surface area contributed by atoms with Crippen LogP contribution in [0.3, 0.4) is 0 Å². The van der Waals surface area contributed by atoms with Gasteiger partial charge in [0.1, 0.15) is 5.82 Å². The van der Waals surface area contributed by atoms with Crippen LogP contribution < -0.4 is 0 Å². The molecule has 2 aromatic rings. The molecule has 4 saturated carbocycles. The fraction of sp³-hybridized carbons (Fsp3) is 0.721. The van der Waals surface area contributed by atoms with E-state index in [2.05, 4.69) is 70.3 Å². The van der Waals surface area contributed by atoms with Crippen LogP contribution in [0.5, 0.6) is 0 Å². The van der Waals surface area contributed by atoms with Gasteiger partial charge in [-0.05, 0) is 139 Å². The molecule has 0 unspecified atom stereocenters. The van der Waals surface area contributed by atoms with Crippen LogP contribution >= 0.6 is 0 Å². The number of hydrogen-bond donors (Lipinski definition) is 1. The van der Waals surface area contributed by atoms with E-state index in [1.54, 1.807) is 6.20 Å². The fourth-order valence-electron chi connectivity index (χ4n) is 13.8. The number of H-pyrrole nitrogens is 1. The number of nitrogens with one attached hydrogen (secondary N) is 1. The maximum atomic E-state index is 15.3. The average Bonchev–Trinajstić information content (AvgIpc) is 3.81. The maximum absolute atomic E-state index is 15.3. The molecule has 5 fully saturated rings. The van der Waals surface area contributed by atoms with E-state index >= 15 is 4.79 Å². The van der Waals surface area contributed by atoms with Gasteiger partial charge < -0.3 is 9.88 Å². The van der Waals surface area contributed by atoms with Crippen molar-refractivity contribution in [2.24, 2.45) is 56.7 Å². The number of ketones is 1. The molecule has 49 heavy (non-hydrogen) atoms. The first-order valence-corrected chi connectivity index (χ1v) is 19.7. The van der Waals surface area contributed by atoms with Crippen molar-refractivity contribution in [3.63, 3.8) is 0 Å². The molecule has 6 heteroatoms. The van der Waals surface area contributed by atoms with E-state index in [1.165, 1.54) is 37.7 Å². The monoisotopic (exact) mass is 664 g/mol. The van der Waals surface area contributed by atoms with Crippen LogP contribution in [0.2, 0.25) is 0 Å². The first-order chi connectivity index (χ1) is 23.2. The SMILES string of the molecule is CC(C)C1=C2[C@H]3CC[C@@H]4[C@@]5(C)CC[C@H](C)C(C)(C)[C@@H]5CC[C@@]4(C)[C@]3(C)CC[C@@]2(C(=O)N2CCC[C@H]2c2ncc(-c3cccnc3)[nH]2)CC1=O. The Labute approximate surface area is 294 Å². The Morgan fingerprint density at radius 3 is 2.47 bits per heavy atom. The largest absolute Gasteiger partial charge is 0.340 e. The number of rotatable bonds is 4. The van der Waals surface area contributed by atoms with E-state index in [0.29, 0.717) is 23.2 Å². The minimum Gasteiger partial charge on any atom is -0.340 e. The Balaban J connectivity index is 1.16. The summed E-state index contributed by atoms with van der Waals surface area (Å²) in [5, 5.41) is 0. The second kappa shape index (κ2) is 11.1. The fourth-order valence-corrected chi connectivity index (χ4v) is 13.8. The Morgan fingerprint density at radius 2 is 1.73 bits per heavy atom. The number of carbonyl (C=O) groups is 2. The zero-order valence-electron chi connectivity index (χ0n) is 31.5. The Hall–Kier alpha value is -2.76. The number of aromatic amines is 1.